The van der Waals surface area contributed by atoms with E-state index in [2.05, 4.69) is 10.6 Å². The Bertz CT molecular complexity index is 644. The molecule has 0 aliphatic carbocycles. The molecule has 0 saturated carbocycles. The van der Waals surface area contributed by atoms with Gasteiger partial charge in [0.1, 0.15) is 11.6 Å². The summed E-state index contributed by atoms with van der Waals surface area (Å²) in [5.74, 6) is 0.586. The normalized spacial score (nSPS) is 10.2. The Morgan fingerprint density at radius 1 is 1.04 bits per heavy atom. The zero-order valence-corrected chi connectivity index (χ0v) is 13.8. The maximum absolute atomic E-state index is 13.4. The summed E-state index contributed by atoms with van der Waals surface area (Å²) in [7, 11) is 0. The third-order valence-corrected chi connectivity index (χ3v) is 3.53. The second kappa shape index (κ2) is 9.55. The number of hydrogen-bond donors (Lipinski definition) is 2. The van der Waals surface area contributed by atoms with Crippen LogP contribution in [0.4, 0.5) is 9.18 Å². The Morgan fingerprint density at radius 3 is 2.50 bits per heavy atom. The molecule has 0 fully saturated rings. The fourth-order valence-electron chi connectivity index (χ4n) is 2.17. The molecule has 128 valence electrons. The van der Waals surface area contributed by atoms with E-state index in [4.69, 9.17) is 4.74 Å². The molecule has 0 aliphatic heterocycles. The monoisotopic (exact) mass is 330 g/mol. The van der Waals surface area contributed by atoms with Crippen LogP contribution in [0.1, 0.15) is 17.5 Å². The van der Waals surface area contributed by atoms with Crippen molar-refractivity contribution in [3.05, 3.63) is 65.5 Å². The summed E-state index contributed by atoms with van der Waals surface area (Å²) in [4.78, 5) is 11.6. The number of carbonyl (C=O) groups is 1. The Kier molecular flexibility index (Phi) is 7.08. The van der Waals surface area contributed by atoms with Gasteiger partial charge >= 0.3 is 6.03 Å². The number of nitrogens with one attached hydrogen (secondary N) is 2. The summed E-state index contributed by atoms with van der Waals surface area (Å²) in [6.07, 6.45) is 1.19. The zero-order chi connectivity index (χ0) is 17.2. The first kappa shape index (κ1) is 17.8. The number of halogens is 1. The summed E-state index contributed by atoms with van der Waals surface area (Å²) in [5, 5.41) is 5.47. The second-order valence-corrected chi connectivity index (χ2v) is 5.54. The molecule has 0 aromatic heterocycles. The molecule has 0 aliphatic rings. The molecule has 0 unspecified atom stereocenters. The van der Waals surface area contributed by atoms with E-state index in [9.17, 15) is 9.18 Å². The van der Waals surface area contributed by atoms with Crippen LogP contribution in [0, 0.1) is 12.7 Å². The number of urea groups is 1. The van der Waals surface area contributed by atoms with Crippen molar-refractivity contribution >= 4 is 6.03 Å². The SMILES string of the molecule is Cc1ccc(OCCCNC(=O)NCCc2ccccc2F)cc1. The van der Waals surface area contributed by atoms with E-state index in [1.807, 2.05) is 31.2 Å². The van der Waals surface area contributed by atoms with Gasteiger partial charge in [-0.3, -0.25) is 0 Å². The van der Waals surface area contributed by atoms with Gasteiger partial charge in [-0.1, -0.05) is 35.9 Å². The highest BCUT2D eigenvalue weighted by Gasteiger charge is 2.02. The predicted octanol–water partition coefficient (Wildman–Crippen LogP) is 3.44. The van der Waals surface area contributed by atoms with Crippen LogP contribution in [0.5, 0.6) is 5.75 Å². The summed E-state index contributed by atoms with van der Waals surface area (Å²) in [6.45, 7) is 3.49. The molecular formula is C19H23FN2O2. The van der Waals surface area contributed by atoms with Crippen LogP contribution in [-0.2, 0) is 6.42 Å². The quantitative estimate of drug-likeness (QED) is 0.729. The van der Waals surface area contributed by atoms with Crippen molar-refractivity contribution in [3.8, 4) is 5.75 Å². The van der Waals surface area contributed by atoms with Gasteiger partial charge in [-0.2, -0.15) is 0 Å². The molecule has 5 heteroatoms. The molecule has 0 heterocycles. The summed E-state index contributed by atoms with van der Waals surface area (Å²) in [5.41, 5.74) is 1.79. The van der Waals surface area contributed by atoms with Gasteiger partial charge in [-0.05, 0) is 43.5 Å². The molecule has 2 aromatic rings. The molecule has 4 nitrogen and oxygen atoms in total. The molecule has 0 radical (unpaired) electrons. The van der Waals surface area contributed by atoms with Crippen molar-refractivity contribution in [2.24, 2.45) is 0 Å². The van der Waals surface area contributed by atoms with E-state index in [-0.39, 0.29) is 11.8 Å². The zero-order valence-electron chi connectivity index (χ0n) is 13.8. The minimum atomic E-state index is -0.248. The Morgan fingerprint density at radius 2 is 1.75 bits per heavy atom. The van der Waals surface area contributed by atoms with Crippen LogP contribution in [0.25, 0.3) is 0 Å². The van der Waals surface area contributed by atoms with Crippen molar-refractivity contribution in [1.29, 1.82) is 0 Å². The van der Waals surface area contributed by atoms with Crippen LogP contribution in [0.2, 0.25) is 0 Å². The molecule has 24 heavy (non-hydrogen) atoms. The molecule has 2 rings (SSSR count). The average molecular weight is 330 g/mol. The smallest absolute Gasteiger partial charge is 0.314 e. The lowest BCUT2D eigenvalue weighted by atomic mass is 10.1. The van der Waals surface area contributed by atoms with Gasteiger partial charge in [0.2, 0.25) is 0 Å². The van der Waals surface area contributed by atoms with Crippen LogP contribution in [0.15, 0.2) is 48.5 Å². The maximum Gasteiger partial charge on any atom is 0.314 e. The van der Waals surface area contributed by atoms with Gasteiger partial charge in [0.25, 0.3) is 0 Å². The van der Waals surface area contributed by atoms with Gasteiger partial charge < -0.3 is 15.4 Å². The van der Waals surface area contributed by atoms with E-state index >= 15 is 0 Å². The number of ether oxygens (including phenoxy) is 1. The first-order chi connectivity index (χ1) is 11.6. The number of carbonyl (C=O) groups excluding carboxylic acids is 1. The van der Waals surface area contributed by atoms with Crippen molar-refractivity contribution in [2.75, 3.05) is 19.7 Å². The molecule has 0 atom stereocenters. The topological polar surface area (TPSA) is 50.4 Å². The Hall–Kier alpha value is -2.56. The second-order valence-electron chi connectivity index (χ2n) is 5.54. The third-order valence-electron chi connectivity index (χ3n) is 3.53. The first-order valence-corrected chi connectivity index (χ1v) is 8.10. The number of amides is 2. The van der Waals surface area contributed by atoms with E-state index < -0.39 is 0 Å². The molecule has 0 spiro atoms. The van der Waals surface area contributed by atoms with Gasteiger partial charge in [0.05, 0.1) is 6.61 Å². The lowest BCUT2D eigenvalue weighted by Crippen LogP contribution is -2.37. The molecule has 2 aromatic carbocycles. The molecule has 2 amide bonds. The van der Waals surface area contributed by atoms with Gasteiger partial charge in [0.15, 0.2) is 0 Å². The van der Waals surface area contributed by atoms with E-state index in [1.54, 1.807) is 18.2 Å². The van der Waals surface area contributed by atoms with Crippen LogP contribution in [0.3, 0.4) is 0 Å². The highest BCUT2D eigenvalue weighted by Crippen LogP contribution is 2.11. The number of benzene rings is 2. The number of aryl methyl sites for hydroxylation is 1. The number of rotatable bonds is 8. The van der Waals surface area contributed by atoms with E-state index in [1.165, 1.54) is 11.6 Å². The van der Waals surface area contributed by atoms with Crippen molar-refractivity contribution < 1.29 is 13.9 Å². The fourth-order valence-corrected chi connectivity index (χ4v) is 2.17. The predicted molar refractivity (Wildman–Crippen MR) is 92.8 cm³/mol. The van der Waals surface area contributed by atoms with Crippen molar-refractivity contribution in [3.63, 3.8) is 0 Å². The summed E-state index contributed by atoms with van der Waals surface area (Å²) in [6, 6.07) is 14.2. The van der Waals surface area contributed by atoms with Gasteiger partial charge in [-0.25, -0.2) is 9.18 Å². The first-order valence-electron chi connectivity index (χ1n) is 8.10. The van der Waals surface area contributed by atoms with Crippen LogP contribution in [-0.4, -0.2) is 25.7 Å². The Labute approximate surface area is 142 Å². The van der Waals surface area contributed by atoms with Crippen LogP contribution < -0.4 is 15.4 Å². The third kappa shape index (κ3) is 6.28. The molecule has 2 N–H and O–H groups in total. The highest BCUT2D eigenvalue weighted by molar-refractivity contribution is 5.73. The maximum atomic E-state index is 13.4. The van der Waals surface area contributed by atoms with E-state index in [0.29, 0.717) is 38.1 Å². The number of hydrogen-bond acceptors (Lipinski definition) is 2. The molecule has 0 bridgehead atoms. The summed E-state index contributed by atoms with van der Waals surface area (Å²) < 4.78 is 19.0. The lowest BCUT2D eigenvalue weighted by molar-refractivity contribution is 0.239. The molecule has 0 saturated heterocycles. The van der Waals surface area contributed by atoms with Gasteiger partial charge in [0, 0.05) is 13.1 Å². The van der Waals surface area contributed by atoms with E-state index in [0.717, 1.165) is 5.75 Å². The van der Waals surface area contributed by atoms with Crippen LogP contribution >= 0.6 is 0 Å². The van der Waals surface area contributed by atoms with Crippen molar-refractivity contribution in [2.45, 2.75) is 19.8 Å². The average Bonchev–Trinajstić information content (AvgIpc) is 2.58. The largest absolute Gasteiger partial charge is 0.494 e. The minimum absolute atomic E-state index is 0.243. The lowest BCUT2D eigenvalue weighted by Gasteiger charge is -2.09. The van der Waals surface area contributed by atoms with Crippen molar-refractivity contribution in [1.82, 2.24) is 10.6 Å². The fraction of sp³-hybridized carbons (Fsp3) is 0.316. The van der Waals surface area contributed by atoms with Gasteiger partial charge in [-0.15, -0.1) is 0 Å². The molecular weight excluding hydrogens is 307 g/mol. The highest BCUT2D eigenvalue weighted by atomic mass is 19.1. The minimum Gasteiger partial charge on any atom is -0.494 e. The standard InChI is InChI=1S/C19H23FN2O2/c1-15-7-9-17(10-8-15)24-14-4-12-21-19(23)22-13-11-16-5-2-3-6-18(16)20/h2-3,5-10H,4,11-14H2,1H3,(H2,21,22,23). The Balaban J connectivity index is 1.53. The summed E-state index contributed by atoms with van der Waals surface area (Å²) >= 11 is 0.